The SMILES string of the molecule is O=C1CN(C(=O)C2CCCC2O)CCN1Cc1cccc(F)c1. The molecule has 23 heavy (non-hydrogen) atoms. The fourth-order valence-electron chi connectivity index (χ4n) is 3.38. The third-order valence-electron chi connectivity index (χ3n) is 4.69. The zero-order valence-electron chi connectivity index (χ0n) is 12.9. The molecule has 6 heteroatoms. The predicted molar refractivity (Wildman–Crippen MR) is 81.7 cm³/mol. The van der Waals surface area contributed by atoms with Crippen LogP contribution < -0.4 is 0 Å². The minimum atomic E-state index is -0.581. The van der Waals surface area contributed by atoms with Gasteiger partial charge in [-0.3, -0.25) is 9.59 Å². The summed E-state index contributed by atoms with van der Waals surface area (Å²) in [6.07, 6.45) is 1.62. The first-order valence-corrected chi connectivity index (χ1v) is 8.03. The maximum absolute atomic E-state index is 13.2. The van der Waals surface area contributed by atoms with Gasteiger partial charge >= 0.3 is 0 Å². The molecule has 1 aliphatic carbocycles. The van der Waals surface area contributed by atoms with Gasteiger partial charge in [0.05, 0.1) is 18.6 Å². The zero-order chi connectivity index (χ0) is 16.4. The minimum absolute atomic E-state index is 0.0391. The van der Waals surface area contributed by atoms with E-state index in [-0.39, 0.29) is 30.1 Å². The number of benzene rings is 1. The van der Waals surface area contributed by atoms with Crippen molar-refractivity contribution in [1.29, 1.82) is 0 Å². The Labute approximate surface area is 134 Å². The summed E-state index contributed by atoms with van der Waals surface area (Å²) in [5, 5.41) is 9.85. The Hall–Kier alpha value is -1.95. The highest BCUT2D eigenvalue weighted by Crippen LogP contribution is 2.27. The van der Waals surface area contributed by atoms with Crippen LogP contribution in [0.4, 0.5) is 4.39 Å². The maximum atomic E-state index is 13.2. The smallest absolute Gasteiger partial charge is 0.242 e. The summed E-state index contributed by atoms with van der Waals surface area (Å²) in [4.78, 5) is 27.9. The lowest BCUT2D eigenvalue weighted by atomic mass is 10.0. The molecule has 2 fully saturated rings. The molecule has 3 rings (SSSR count). The summed E-state index contributed by atoms with van der Waals surface area (Å²) in [6, 6.07) is 6.19. The Morgan fingerprint density at radius 2 is 2.13 bits per heavy atom. The number of aliphatic hydroxyl groups excluding tert-OH is 1. The van der Waals surface area contributed by atoms with Gasteiger partial charge in [-0.2, -0.15) is 0 Å². The van der Waals surface area contributed by atoms with E-state index in [0.29, 0.717) is 32.5 Å². The molecule has 1 heterocycles. The molecule has 124 valence electrons. The van der Waals surface area contributed by atoms with E-state index in [0.717, 1.165) is 12.0 Å². The Balaban J connectivity index is 1.59. The van der Waals surface area contributed by atoms with Crippen LogP contribution in [0, 0.1) is 11.7 Å². The molecule has 0 spiro atoms. The number of hydrogen-bond acceptors (Lipinski definition) is 3. The molecule has 1 saturated carbocycles. The number of carbonyl (C=O) groups is 2. The van der Waals surface area contributed by atoms with Crippen molar-refractivity contribution < 1.29 is 19.1 Å². The molecule has 0 aromatic heterocycles. The minimum Gasteiger partial charge on any atom is -0.392 e. The van der Waals surface area contributed by atoms with E-state index in [2.05, 4.69) is 0 Å². The molecule has 2 atom stereocenters. The van der Waals surface area contributed by atoms with Crippen LogP contribution in [0.2, 0.25) is 0 Å². The summed E-state index contributed by atoms with van der Waals surface area (Å²) in [7, 11) is 0. The average Bonchev–Trinajstić information content (AvgIpc) is 2.95. The molecule has 1 aromatic rings. The molecule has 0 bridgehead atoms. The Morgan fingerprint density at radius 3 is 2.78 bits per heavy atom. The van der Waals surface area contributed by atoms with Crippen molar-refractivity contribution in [3.05, 3.63) is 35.6 Å². The molecule has 1 saturated heterocycles. The van der Waals surface area contributed by atoms with Gasteiger partial charge in [0.25, 0.3) is 0 Å². The highest BCUT2D eigenvalue weighted by molar-refractivity contribution is 5.87. The van der Waals surface area contributed by atoms with Crippen molar-refractivity contribution in [3.8, 4) is 0 Å². The van der Waals surface area contributed by atoms with Gasteiger partial charge < -0.3 is 14.9 Å². The van der Waals surface area contributed by atoms with Crippen molar-refractivity contribution in [2.24, 2.45) is 5.92 Å². The molecule has 2 aliphatic rings. The zero-order valence-corrected chi connectivity index (χ0v) is 12.9. The third-order valence-corrected chi connectivity index (χ3v) is 4.69. The fourth-order valence-corrected chi connectivity index (χ4v) is 3.38. The van der Waals surface area contributed by atoms with Gasteiger partial charge in [0.15, 0.2) is 0 Å². The molecule has 1 aromatic carbocycles. The second kappa shape index (κ2) is 6.66. The monoisotopic (exact) mass is 320 g/mol. The molecule has 0 radical (unpaired) electrons. The lowest BCUT2D eigenvalue weighted by molar-refractivity contribution is -0.149. The molecule has 1 aliphatic heterocycles. The van der Waals surface area contributed by atoms with Gasteiger partial charge in [-0.1, -0.05) is 12.1 Å². The molecule has 2 unspecified atom stereocenters. The number of aliphatic hydroxyl groups is 1. The molecular formula is C17H21FN2O3. The predicted octanol–water partition coefficient (Wildman–Crippen LogP) is 1.16. The van der Waals surface area contributed by atoms with Crippen LogP contribution in [-0.4, -0.2) is 52.5 Å². The lowest BCUT2D eigenvalue weighted by Gasteiger charge is -2.36. The highest BCUT2D eigenvalue weighted by Gasteiger charge is 2.37. The van der Waals surface area contributed by atoms with E-state index in [4.69, 9.17) is 0 Å². The van der Waals surface area contributed by atoms with Crippen molar-refractivity contribution in [3.63, 3.8) is 0 Å². The average molecular weight is 320 g/mol. The van der Waals surface area contributed by atoms with E-state index in [1.165, 1.54) is 12.1 Å². The number of rotatable bonds is 3. The van der Waals surface area contributed by atoms with Crippen LogP contribution in [0.15, 0.2) is 24.3 Å². The van der Waals surface area contributed by atoms with Crippen LogP contribution >= 0.6 is 0 Å². The summed E-state index contributed by atoms with van der Waals surface area (Å²) in [6.45, 7) is 1.29. The maximum Gasteiger partial charge on any atom is 0.242 e. The van der Waals surface area contributed by atoms with Crippen molar-refractivity contribution >= 4 is 11.8 Å². The first-order chi connectivity index (χ1) is 11.0. The first kappa shape index (κ1) is 15.9. The number of carbonyl (C=O) groups excluding carboxylic acids is 2. The van der Waals surface area contributed by atoms with Crippen molar-refractivity contribution in [2.45, 2.75) is 31.9 Å². The quantitative estimate of drug-likeness (QED) is 0.909. The van der Waals surface area contributed by atoms with Crippen molar-refractivity contribution in [2.75, 3.05) is 19.6 Å². The van der Waals surface area contributed by atoms with E-state index < -0.39 is 6.10 Å². The fraction of sp³-hybridized carbons (Fsp3) is 0.529. The van der Waals surface area contributed by atoms with Gasteiger partial charge in [0.2, 0.25) is 11.8 Å². The van der Waals surface area contributed by atoms with E-state index in [9.17, 15) is 19.1 Å². The van der Waals surface area contributed by atoms with Crippen LogP contribution in [0.25, 0.3) is 0 Å². The van der Waals surface area contributed by atoms with Gasteiger partial charge in [-0.05, 0) is 37.0 Å². The largest absolute Gasteiger partial charge is 0.392 e. The third kappa shape index (κ3) is 3.52. The summed E-state index contributed by atoms with van der Waals surface area (Å²) < 4.78 is 13.2. The lowest BCUT2D eigenvalue weighted by Crippen LogP contribution is -2.53. The van der Waals surface area contributed by atoms with Gasteiger partial charge in [-0.25, -0.2) is 4.39 Å². The normalized spacial score (nSPS) is 25.0. The standard InChI is InChI=1S/C17H21FN2O3/c18-13-4-1-3-12(9-13)10-19-7-8-20(11-16(19)22)17(23)14-5-2-6-15(14)21/h1,3-4,9,14-15,21H,2,5-8,10-11H2. The molecule has 2 amide bonds. The van der Waals surface area contributed by atoms with Crippen LogP contribution in [-0.2, 0) is 16.1 Å². The van der Waals surface area contributed by atoms with E-state index >= 15 is 0 Å². The highest BCUT2D eigenvalue weighted by atomic mass is 19.1. The van der Waals surface area contributed by atoms with Gasteiger partial charge in [-0.15, -0.1) is 0 Å². The van der Waals surface area contributed by atoms with Crippen LogP contribution in [0.5, 0.6) is 0 Å². The first-order valence-electron chi connectivity index (χ1n) is 8.03. The Morgan fingerprint density at radius 1 is 1.30 bits per heavy atom. The van der Waals surface area contributed by atoms with E-state index in [1.54, 1.807) is 21.9 Å². The van der Waals surface area contributed by atoms with Gasteiger partial charge in [0, 0.05) is 19.6 Å². The molecule has 5 nitrogen and oxygen atoms in total. The topological polar surface area (TPSA) is 60.9 Å². The second-order valence-corrected chi connectivity index (χ2v) is 6.31. The summed E-state index contributed by atoms with van der Waals surface area (Å²) in [5.74, 6) is -0.938. The van der Waals surface area contributed by atoms with E-state index in [1.807, 2.05) is 0 Å². The van der Waals surface area contributed by atoms with Crippen LogP contribution in [0.3, 0.4) is 0 Å². The van der Waals surface area contributed by atoms with Crippen molar-refractivity contribution in [1.82, 2.24) is 9.80 Å². The number of amides is 2. The number of nitrogens with zero attached hydrogens (tertiary/aromatic N) is 2. The Bertz CT molecular complexity index is 607. The second-order valence-electron chi connectivity index (χ2n) is 6.31. The summed E-state index contributed by atoms with van der Waals surface area (Å²) in [5.41, 5.74) is 0.740. The number of piperazine rings is 1. The number of hydrogen-bond donors (Lipinski definition) is 1. The van der Waals surface area contributed by atoms with Crippen LogP contribution in [0.1, 0.15) is 24.8 Å². The molecule has 1 N–H and O–H groups in total. The molecular weight excluding hydrogens is 299 g/mol. The Kier molecular flexibility index (Phi) is 4.61. The summed E-state index contributed by atoms with van der Waals surface area (Å²) >= 11 is 0. The van der Waals surface area contributed by atoms with Gasteiger partial charge in [0.1, 0.15) is 5.82 Å². The number of halogens is 1.